The molecule has 0 N–H and O–H groups in total. The molecule has 4 heteroatoms. The molecule has 0 bridgehead atoms. The number of benzene rings is 1. The van der Waals surface area contributed by atoms with Crippen LogP contribution >= 0.6 is 15.9 Å². The first-order valence-corrected chi connectivity index (χ1v) is 6.47. The Balaban J connectivity index is 1.95. The third-order valence-electron chi connectivity index (χ3n) is 2.95. The second-order valence-corrected chi connectivity index (χ2v) is 5.06. The molecule has 0 amide bonds. The van der Waals surface area contributed by atoms with Crippen LogP contribution in [0.15, 0.2) is 28.7 Å². The van der Waals surface area contributed by atoms with Gasteiger partial charge in [0.15, 0.2) is 0 Å². The lowest BCUT2D eigenvalue weighted by atomic mass is 10.1. The summed E-state index contributed by atoms with van der Waals surface area (Å²) in [5.41, 5.74) is 0. The number of ether oxygens (including phenoxy) is 2. The highest BCUT2D eigenvalue weighted by Gasteiger charge is 2.37. The van der Waals surface area contributed by atoms with Crippen molar-refractivity contribution < 1.29 is 14.3 Å². The van der Waals surface area contributed by atoms with E-state index in [0.717, 1.165) is 23.1 Å². The number of rotatable bonds is 5. The van der Waals surface area contributed by atoms with Crippen LogP contribution in [-0.2, 0) is 9.53 Å². The van der Waals surface area contributed by atoms with Gasteiger partial charge in [-0.15, -0.1) is 0 Å². The van der Waals surface area contributed by atoms with Crippen molar-refractivity contribution in [1.29, 1.82) is 0 Å². The summed E-state index contributed by atoms with van der Waals surface area (Å²) in [6, 6.07) is 7.63. The SMILES string of the molecule is COC(=O)C(COc1ccccc1Br)C1CC1. The van der Waals surface area contributed by atoms with Crippen molar-refractivity contribution in [2.75, 3.05) is 13.7 Å². The standard InChI is InChI=1S/C13H15BrO3/c1-16-13(15)10(9-6-7-9)8-17-12-5-3-2-4-11(12)14/h2-5,9-10H,6-8H2,1H3. The van der Waals surface area contributed by atoms with Gasteiger partial charge in [0.05, 0.1) is 17.5 Å². The maximum absolute atomic E-state index is 11.6. The molecule has 2 rings (SSSR count). The van der Waals surface area contributed by atoms with Gasteiger partial charge >= 0.3 is 5.97 Å². The van der Waals surface area contributed by atoms with Crippen LogP contribution in [0, 0.1) is 11.8 Å². The van der Waals surface area contributed by atoms with Gasteiger partial charge in [-0.05, 0) is 46.8 Å². The summed E-state index contributed by atoms with van der Waals surface area (Å²) in [6.07, 6.45) is 2.19. The number of hydrogen-bond donors (Lipinski definition) is 0. The summed E-state index contributed by atoms with van der Waals surface area (Å²) in [4.78, 5) is 11.6. The molecule has 0 saturated heterocycles. The summed E-state index contributed by atoms with van der Waals surface area (Å²) in [7, 11) is 1.43. The Labute approximate surface area is 109 Å². The Bertz CT molecular complexity index is 401. The van der Waals surface area contributed by atoms with E-state index in [9.17, 15) is 4.79 Å². The zero-order valence-corrected chi connectivity index (χ0v) is 11.3. The molecule has 1 atom stereocenters. The number of halogens is 1. The molecular formula is C13H15BrO3. The minimum absolute atomic E-state index is 0.132. The first-order chi connectivity index (χ1) is 8.22. The molecule has 1 aliphatic carbocycles. The lowest BCUT2D eigenvalue weighted by Crippen LogP contribution is -2.25. The molecule has 0 aromatic heterocycles. The Morgan fingerprint density at radius 1 is 1.47 bits per heavy atom. The summed E-state index contributed by atoms with van der Waals surface area (Å²) in [5, 5.41) is 0. The van der Waals surface area contributed by atoms with Gasteiger partial charge in [0.2, 0.25) is 0 Å². The highest BCUT2D eigenvalue weighted by molar-refractivity contribution is 9.10. The molecule has 1 aliphatic rings. The van der Waals surface area contributed by atoms with Crippen molar-refractivity contribution in [3.63, 3.8) is 0 Å². The number of para-hydroxylation sites is 1. The van der Waals surface area contributed by atoms with Gasteiger partial charge in [-0.1, -0.05) is 12.1 Å². The van der Waals surface area contributed by atoms with Crippen molar-refractivity contribution in [2.24, 2.45) is 11.8 Å². The van der Waals surface area contributed by atoms with E-state index in [1.807, 2.05) is 24.3 Å². The van der Waals surface area contributed by atoms with Gasteiger partial charge in [-0.25, -0.2) is 0 Å². The summed E-state index contributed by atoms with van der Waals surface area (Å²) in [6.45, 7) is 0.389. The number of carbonyl (C=O) groups is 1. The summed E-state index contributed by atoms with van der Waals surface area (Å²) < 4.78 is 11.4. The zero-order chi connectivity index (χ0) is 12.3. The van der Waals surface area contributed by atoms with Crippen LogP contribution in [0.25, 0.3) is 0 Å². The lowest BCUT2D eigenvalue weighted by molar-refractivity contribution is -0.147. The molecule has 0 aliphatic heterocycles. The first kappa shape index (κ1) is 12.4. The molecule has 1 aromatic carbocycles. The minimum Gasteiger partial charge on any atom is -0.491 e. The normalized spacial score (nSPS) is 16.4. The molecule has 1 fully saturated rings. The monoisotopic (exact) mass is 298 g/mol. The quantitative estimate of drug-likeness (QED) is 0.784. The van der Waals surface area contributed by atoms with Crippen LogP contribution in [0.2, 0.25) is 0 Å². The van der Waals surface area contributed by atoms with E-state index in [1.54, 1.807) is 0 Å². The molecule has 17 heavy (non-hydrogen) atoms. The second-order valence-electron chi connectivity index (χ2n) is 4.21. The van der Waals surface area contributed by atoms with E-state index in [0.29, 0.717) is 12.5 Å². The largest absolute Gasteiger partial charge is 0.491 e. The summed E-state index contributed by atoms with van der Waals surface area (Å²) >= 11 is 3.41. The highest BCUT2D eigenvalue weighted by Crippen LogP contribution is 2.38. The fourth-order valence-corrected chi connectivity index (χ4v) is 2.19. The minimum atomic E-state index is -0.167. The van der Waals surface area contributed by atoms with E-state index in [1.165, 1.54) is 7.11 Å². The van der Waals surface area contributed by atoms with E-state index in [4.69, 9.17) is 9.47 Å². The van der Waals surface area contributed by atoms with E-state index in [2.05, 4.69) is 15.9 Å². The van der Waals surface area contributed by atoms with Crippen molar-refractivity contribution in [3.8, 4) is 5.75 Å². The Morgan fingerprint density at radius 3 is 2.76 bits per heavy atom. The average Bonchev–Trinajstić information content (AvgIpc) is 3.15. The fraction of sp³-hybridized carbons (Fsp3) is 0.462. The Hall–Kier alpha value is -1.03. The lowest BCUT2D eigenvalue weighted by Gasteiger charge is -2.15. The van der Waals surface area contributed by atoms with Crippen LogP contribution in [0.1, 0.15) is 12.8 Å². The van der Waals surface area contributed by atoms with Crippen LogP contribution in [-0.4, -0.2) is 19.7 Å². The molecule has 92 valence electrons. The summed E-state index contributed by atoms with van der Waals surface area (Å²) in [5.74, 6) is 0.902. The Morgan fingerprint density at radius 2 is 2.18 bits per heavy atom. The molecule has 0 radical (unpaired) electrons. The topological polar surface area (TPSA) is 35.5 Å². The number of esters is 1. The number of methoxy groups -OCH3 is 1. The molecular weight excluding hydrogens is 284 g/mol. The molecule has 3 nitrogen and oxygen atoms in total. The third-order valence-corrected chi connectivity index (χ3v) is 3.61. The van der Waals surface area contributed by atoms with Crippen molar-refractivity contribution in [1.82, 2.24) is 0 Å². The zero-order valence-electron chi connectivity index (χ0n) is 9.69. The van der Waals surface area contributed by atoms with Crippen molar-refractivity contribution in [3.05, 3.63) is 28.7 Å². The maximum Gasteiger partial charge on any atom is 0.312 e. The fourth-order valence-electron chi connectivity index (χ4n) is 1.79. The van der Waals surface area contributed by atoms with E-state index >= 15 is 0 Å². The molecule has 0 spiro atoms. The predicted molar refractivity (Wildman–Crippen MR) is 67.9 cm³/mol. The first-order valence-electron chi connectivity index (χ1n) is 5.67. The molecule has 1 unspecified atom stereocenters. The van der Waals surface area contributed by atoms with Crippen molar-refractivity contribution >= 4 is 21.9 Å². The second kappa shape index (κ2) is 5.54. The Kier molecular flexibility index (Phi) is 4.05. The maximum atomic E-state index is 11.6. The average molecular weight is 299 g/mol. The van der Waals surface area contributed by atoms with Gasteiger partial charge in [0.25, 0.3) is 0 Å². The number of carbonyl (C=O) groups excluding carboxylic acids is 1. The van der Waals surface area contributed by atoms with E-state index < -0.39 is 0 Å². The predicted octanol–water partition coefficient (Wildman–Crippen LogP) is 3.03. The van der Waals surface area contributed by atoms with Gasteiger partial charge in [0, 0.05) is 0 Å². The van der Waals surface area contributed by atoms with Crippen LogP contribution in [0.5, 0.6) is 5.75 Å². The molecule has 1 aromatic rings. The van der Waals surface area contributed by atoms with Crippen LogP contribution in [0.3, 0.4) is 0 Å². The highest BCUT2D eigenvalue weighted by atomic mass is 79.9. The van der Waals surface area contributed by atoms with Crippen LogP contribution in [0.4, 0.5) is 0 Å². The van der Waals surface area contributed by atoms with Gasteiger partial charge in [0.1, 0.15) is 12.4 Å². The smallest absolute Gasteiger partial charge is 0.312 e. The van der Waals surface area contributed by atoms with E-state index in [-0.39, 0.29) is 11.9 Å². The van der Waals surface area contributed by atoms with Crippen LogP contribution < -0.4 is 4.74 Å². The van der Waals surface area contributed by atoms with Gasteiger partial charge in [-0.3, -0.25) is 4.79 Å². The molecule has 1 saturated carbocycles. The van der Waals surface area contributed by atoms with Gasteiger partial charge in [-0.2, -0.15) is 0 Å². The molecule has 0 heterocycles. The van der Waals surface area contributed by atoms with Crippen molar-refractivity contribution in [2.45, 2.75) is 12.8 Å². The number of hydrogen-bond acceptors (Lipinski definition) is 3. The third kappa shape index (κ3) is 3.22. The van der Waals surface area contributed by atoms with Gasteiger partial charge < -0.3 is 9.47 Å².